The average molecular weight is 301 g/mol. The summed E-state index contributed by atoms with van der Waals surface area (Å²) in [7, 11) is 1.61. The third-order valence-electron chi connectivity index (χ3n) is 3.86. The highest BCUT2D eigenvalue weighted by Gasteiger charge is 2.08. The first kappa shape index (κ1) is 13.5. The van der Waals surface area contributed by atoms with Gasteiger partial charge in [0.25, 0.3) is 0 Å². The van der Waals surface area contributed by atoms with Gasteiger partial charge in [-0.1, -0.05) is 30.3 Å². The van der Waals surface area contributed by atoms with Crippen LogP contribution >= 0.6 is 0 Å². The molecule has 0 N–H and O–H groups in total. The quantitative estimate of drug-likeness (QED) is 0.572. The fourth-order valence-corrected chi connectivity index (χ4v) is 2.66. The maximum atomic E-state index is 5.11. The van der Waals surface area contributed by atoms with Gasteiger partial charge in [0.15, 0.2) is 0 Å². The van der Waals surface area contributed by atoms with Gasteiger partial charge in [-0.25, -0.2) is 9.97 Å². The second-order valence-corrected chi connectivity index (χ2v) is 5.24. The first-order chi connectivity index (χ1) is 11.3. The van der Waals surface area contributed by atoms with Crippen LogP contribution in [0.4, 0.5) is 0 Å². The van der Waals surface area contributed by atoms with Crippen LogP contribution in [0, 0.1) is 0 Å². The summed E-state index contributed by atoms with van der Waals surface area (Å²) in [5.41, 5.74) is 5.27. The summed E-state index contributed by atoms with van der Waals surface area (Å²) in [6, 6.07) is 18.3. The van der Waals surface area contributed by atoms with Crippen LogP contribution in [0.3, 0.4) is 0 Å². The summed E-state index contributed by atoms with van der Waals surface area (Å²) >= 11 is 0. The van der Waals surface area contributed by atoms with E-state index in [0.717, 1.165) is 22.5 Å². The molecule has 0 unspecified atom stereocenters. The average Bonchev–Trinajstić information content (AvgIpc) is 3.05. The van der Waals surface area contributed by atoms with Gasteiger partial charge >= 0.3 is 0 Å². The molecule has 0 bridgehead atoms. The lowest BCUT2D eigenvalue weighted by atomic mass is 10.1. The molecule has 3 heterocycles. The van der Waals surface area contributed by atoms with Gasteiger partial charge in [-0.2, -0.15) is 0 Å². The summed E-state index contributed by atoms with van der Waals surface area (Å²) in [6.45, 7) is 0. The normalized spacial score (nSPS) is 10.8. The summed E-state index contributed by atoms with van der Waals surface area (Å²) in [4.78, 5) is 8.79. The predicted octanol–water partition coefficient (Wildman–Crippen LogP) is 4.07. The van der Waals surface area contributed by atoms with Crippen LogP contribution in [0.15, 0.2) is 73.2 Å². The maximum Gasteiger partial charge on any atom is 0.212 e. The Hall–Kier alpha value is -3.14. The minimum atomic E-state index is 0.605. The molecule has 0 atom stereocenters. The van der Waals surface area contributed by atoms with Crippen molar-refractivity contribution in [2.45, 2.75) is 0 Å². The number of nitrogens with zero attached hydrogens (tertiary/aromatic N) is 3. The third-order valence-corrected chi connectivity index (χ3v) is 3.86. The highest BCUT2D eigenvalue weighted by atomic mass is 16.5. The molecule has 0 fully saturated rings. The molecule has 4 nitrogen and oxygen atoms in total. The van der Waals surface area contributed by atoms with Gasteiger partial charge in [-0.05, 0) is 29.3 Å². The van der Waals surface area contributed by atoms with E-state index in [4.69, 9.17) is 4.74 Å². The van der Waals surface area contributed by atoms with Crippen LogP contribution in [0.1, 0.15) is 0 Å². The van der Waals surface area contributed by atoms with Crippen LogP contribution < -0.4 is 4.74 Å². The second kappa shape index (κ2) is 5.57. The van der Waals surface area contributed by atoms with E-state index in [2.05, 4.69) is 38.6 Å². The van der Waals surface area contributed by atoms with Gasteiger partial charge in [-0.3, -0.25) is 4.40 Å². The lowest BCUT2D eigenvalue weighted by Gasteiger charge is -2.05. The van der Waals surface area contributed by atoms with Crippen molar-refractivity contribution in [2.75, 3.05) is 7.11 Å². The summed E-state index contributed by atoms with van der Waals surface area (Å²) in [5.74, 6) is 0.605. The molecule has 4 aromatic rings. The number of pyridine rings is 2. The van der Waals surface area contributed by atoms with Gasteiger partial charge in [0.2, 0.25) is 5.88 Å². The molecular weight excluding hydrogens is 286 g/mol. The molecule has 1 aromatic carbocycles. The van der Waals surface area contributed by atoms with Crippen molar-refractivity contribution in [1.82, 2.24) is 14.4 Å². The van der Waals surface area contributed by atoms with Crippen molar-refractivity contribution in [1.29, 1.82) is 0 Å². The monoisotopic (exact) mass is 301 g/mol. The maximum absolute atomic E-state index is 5.11. The van der Waals surface area contributed by atoms with Crippen molar-refractivity contribution in [3.05, 3.63) is 73.2 Å². The van der Waals surface area contributed by atoms with Gasteiger partial charge < -0.3 is 4.74 Å². The number of aromatic nitrogens is 3. The Labute approximate surface area is 134 Å². The van der Waals surface area contributed by atoms with Crippen molar-refractivity contribution in [3.63, 3.8) is 0 Å². The molecule has 23 heavy (non-hydrogen) atoms. The highest BCUT2D eigenvalue weighted by Crippen LogP contribution is 2.25. The number of benzene rings is 1. The van der Waals surface area contributed by atoms with Crippen molar-refractivity contribution >= 4 is 5.65 Å². The van der Waals surface area contributed by atoms with E-state index in [0.29, 0.717) is 5.88 Å². The number of hydrogen-bond acceptors (Lipinski definition) is 3. The van der Waals surface area contributed by atoms with Gasteiger partial charge in [-0.15, -0.1) is 0 Å². The molecule has 112 valence electrons. The lowest BCUT2D eigenvalue weighted by molar-refractivity contribution is 0.398. The molecule has 0 radical (unpaired) electrons. The second-order valence-electron chi connectivity index (χ2n) is 5.24. The van der Waals surface area contributed by atoms with E-state index in [1.54, 1.807) is 13.3 Å². The minimum absolute atomic E-state index is 0.605. The minimum Gasteiger partial charge on any atom is -0.481 e. The van der Waals surface area contributed by atoms with E-state index in [9.17, 15) is 0 Å². The van der Waals surface area contributed by atoms with E-state index < -0.39 is 0 Å². The van der Waals surface area contributed by atoms with E-state index in [1.807, 2.05) is 42.7 Å². The Balaban J connectivity index is 1.78. The van der Waals surface area contributed by atoms with Crippen LogP contribution in [0.25, 0.3) is 28.0 Å². The number of imidazole rings is 1. The van der Waals surface area contributed by atoms with Crippen LogP contribution in [0.5, 0.6) is 5.88 Å². The van der Waals surface area contributed by atoms with Crippen molar-refractivity contribution in [3.8, 4) is 28.3 Å². The van der Waals surface area contributed by atoms with E-state index in [1.165, 1.54) is 5.56 Å². The Morgan fingerprint density at radius 3 is 2.43 bits per heavy atom. The highest BCUT2D eigenvalue weighted by molar-refractivity contribution is 5.70. The molecule has 0 saturated heterocycles. The molecule has 0 aliphatic heterocycles. The molecule has 0 aliphatic rings. The number of ether oxygens (including phenoxy) is 1. The van der Waals surface area contributed by atoms with Crippen LogP contribution in [-0.2, 0) is 0 Å². The fourth-order valence-electron chi connectivity index (χ4n) is 2.66. The van der Waals surface area contributed by atoms with Crippen molar-refractivity contribution in [2.24, 2.45) is 0 Å². The molecule has 4 rings (SSSR count). The molecule has 0 spiro atoms. The molecular formula is C19H15N3O. The standard InChI is InChI=1S/C19H15N3O/c1-23-19-8-7-16(12-21-19)17-13-20-18-11-15(9-10-22(17)18)14-5-3-2-4-6-14/h2-13H,1H3. The number of hydrogen-bond donors (Lipinski definition) is 0. The molecule has 0 amide bonds. The summed E-state index contributed by atoms with van der Waals surface area (Å²) in [6.07, 6.45) is 5.71. The van der Waals surface area contributed by atoms with E-state index in [-0.39, 0.29) is 0 Å². The zero-order valence-electron chi connectivity index (χ0n) is 12.7. The molecule has 4 heteroatoms. The first-order valence-corrected chi connectivity index (χ1v) is 7.38. The van der Waals surface area contributed by atoms with Crippen LogP contribution in [0.2, 0.25) is 0 Å². The summed E-state index contributed by atoms with van der Waals surface area (Å²) in [5, 5.41) is 0. The van der Waals surface area contributed by atoms with Gasteiger partial charge in [0.05, 0.1) is 19.0 Å². The molecule has 0 saturated carbocycles. The topological polar surface area (TPSA) is 39.4 Å². The largest absolute Gasteiger partial charge is 0.481 e. The Bertz CT molecular complexity index is 943. The zero-order valence-corrected chi connectivity index (χ0v) is 12.7. The van der Waals surface area contributed by atoms with Gasteiger partial charge in [0, 0.05) is 24.0 Å². The first-order valence-electron chi connectivity index (χ1n) is 7.38. The zero-order chi connectivity index (χ0) is 15.6. The lowest BCUT2D eigenvalue weighted by Crippen LogP contribution is -1.91. The third kappa shape index (κ3) is 2.44. The predicted molar refractivity (Wildman–Crippen MR) is 90.4 cm³/mol. The summed E-state index contributed by atoms with van der Waals surface area (Å²) < 4.78 is 7.17. The SMILES string of the molecule is COc1ccc(-c2cnc3cc(-c4ccccc4)ccn23)cn1. The van der Waals surface area contributed by atoms with E-state index >= 15 is 0 Å². The Kier molecular flexibility index (Phi) is 3.27. The molecule has 3 aromatic heterocycles. The smallest absolute Gasteiger partial charge is 0.212 e. The van der Waals surface area contributed by atoms with Gasteiger partial charge in [0.1, 0.15) is 5.65 Å². The molecule has 0 aliphatic carbocycles. The number of rotatable bonds is 3. The fraction of sp³-hybridized carbons (Fsp3) is 0.0526. The Morgan fingerprint density at radius 2 is 1.70 bits per heavy atom. The number of fused-ring (bicyclic) bond motifs is 1. The number of methoxy groups -OCH3 is 1. The van der Waals surface area contributed by atoms with Crippen LogP contribution in [-0.4, -0.2) is 21.5 Å². The van der Waals surface area contributed by atoms with Crippen molar-refractivity contribution < 1.29 is 4.74 Å². The Morgan fingerprint density at radius 1 is 0.826 bits per heavy atom.